The Morgan fingerprint density at radius 3 is 2.57 bits per heavy atom. The van der Waals surface area contributed by atoms with Gasteiger partial charge in [-0.25, -0.2) is 0 Å². The van der Waals surface area contributed by atoms with Gasteiger partial charge >= 0.3 is 0 Å². The number of hydrogen-bond acceptors (Lipinski definition) is 3. The van der Waals surface area contributed by atoms with Crippen LogP contribution >= 0.6 is 0 Å². The summed E-state index contributed by atoms with van der Waals surface area (Å²) in [5.41, 5.74) is 3.51. The van der Waals surface area contributed by atoms with Crippen molar-refractivity contribution in [3.8, 4) is 0 Å². The van der Waals surface area contributed by atoms with Crippen LogP contribution in [0.15, 0.2) is 59.8 Å². The predicted molar refractivity (Wildman–Crippen MR) is 91.5 cm³/mol. The van der Waals surface area contributed by atoms with Crippen LogP contribution in [0.1, 0.15) is 30.6 Å². The van der Waals surface area contributed by atoms with Crippen LogP contribution in [0.4, 0.5) is 5.69 Å². The Bertz CT molecular complexity index is 725. The van der Waals surface area contributed by atoms with Crippen molar-refractivity contribution in [1.82, 2.24) is 0 Å². The third-order valence-corrected chi connectivity index (χ3v) is 4.05. The molecule has 4 nitrogen and oxygen atoms in total. The van der Waals surface area contributed by atoms with Gasteiger partial charge in [-0.2, -0.15) is 0 Å². The predicted octanol–water partition coefficient (Wildman–Crippen LogP) is 3.87. The minimum Gasteiger partial charge on any atom is -0.387 e. The van der Waals surface area contributed by atoms with E-state index < -0.39 is 0 Å². The van der Waals surface area contributed by atoms with E-state index >= 15 is 0 Å². The van der Waals surface area contributed by atoms with E-state index in [1.807, 2.05) is 68.4 Å². The first-order chi connectivity index (χ1) is 11.2. The van der Waals surface area contributed by atoms with E-state index in [2.05, 4.69) is 5.16 Å². The molecule has 1 aliphatic rings. The highest BCUT2D eigenvalue weighted by molar-refractivity contribution is 6.44. The van der Waals surface area contributed by atoms with Gasteiger partial charge in [0.05, 0.1) is 0 Å². The fourth-order valence-corrected chi connectivity index (χ4v) is 2.80. The molecule has 0 aromatic heterocycles. The quantitative estimate of drug-likeness (QED) is 0.860. The molecule has 118 valence electrons. The summed E-state index contributed by atoms with van der Waals surface area (Å²) < 4.78 is 0. The molecule has 23 heavy (non-hydrogen) atoms. The lowest BCUT2D eigenvalue weighted by atomic mass is 10.0. The van der Waals surface area contributed by atoms with Crippen LogP contribution in [0, 0.1) is 6.92 Å². The summed E-state index contributed by atoms with van der Waals surface area (Å²) >= 11 is 0. The topological polar surface area (TPSA) is 41.9 Å². The molecule has 2 aromatic carbocycles. The van der Waals surface area contributed by atoms with Gasteiger partial charge < -0.3 is 9.74 Å². The van der Waals surface area contributed by atoms with Gasteiger partial charge in [-0.15, -0.1) is 0 Å². The standard InChI is InChI=1S/C19H20N2O2/c1-3-21(17-12-8-7-9-14(17)2)19(22)16-13-18(23-20-16)15-10-5-4-6-11-15/h4-12,18H,3,13H2,1-2H3. The second kappa shape index (κ2) is 6.65. The molecule has 2 aromatic rings. The molecule has 0 bridgehead atoms. The summed E-state index contributed by atoms with van der Waals surface area (Å²) in [5, 5.41) is 4.04. The molecule has 0 aliphatic carbocycles. The first-order valence-corrected chi connectivity index (χ1v) is 7.86. The van der Waals surface area contributed by atoms with Gasteiger partial charge in [-0.3, -0.25) is 4.79 Å². The normalized spacial score (nSPS) is 16.6. The van der Waals surface area contributed by atoms with Crippen LogP contribution in [0.25, 0.3) is 0 Å². The molecule has 0 radical (unpaired) electrons. The van der Waals surface area contributed by atoms with E-state index in [0.717, 1.165) is 16.8 Å². The van der Waals surface area contributed by atoms with Crippen molar-refractivity contribution in [1.29, 1.82) is 0 Å². The molecule has 0 saturated carbocycles. The molecular weight excluding hydrogens is 288 g/mol. The summed E-state index contributed by atoms with van der Waals surface area (Å²) in [4.78, 5) is 20.1. The average molecular weight is 308 g/mol. The Labute approximate surface area is 136 Å². The zero-order valence-corrected chi connectivity index (χ0v) is 13.4. The lowest BCUT2D eigenvalue weighted by Crippen LogP contribution is -2.36. The fraction of sp³-hybridized carbons (Fsp3) is 0.263. The number of aryl methyl sites for hydroxylation is 1. The number of rotatable bonds is 4. The maximum absolute atomic E-state index is 12.8. The number of carbonyl (C=O) groups is 1. The van der Waals surface area contributed by atoms with Crippen molar-refractivity contribution in [2.24, 2.45) is 5.16 Å². The second-order valence-corrected chi connectivity index (χ2v) is 5.58. The Kier molecular flexibility index (Phi) is 4.42. The van der Waals surface area contributed by atoms with Crippen molar-refractivity contribution < 1.29 is 9.63 Å². The smallest absolute Gasteiger partial charge is 0.276 e. The van der Waals surface area contributed by atoms with E-state index in [-0.39, 0.29) is 12.0 Å². The minimum atomic E-state index is -0.175. The van der Waals surface area contributed by atoms with Crippen molar-refractivity contribution in [2.75, 3.05) is 11.4 Å². The lowest BCUT2D eigenvalue weighted by Gasteiger charge is -2.22. The van der Waals surface area contributed by atoms with Crippen LogP contribution in [-0.2, 0) is 9.63 Å². The molecule has 0 N–H and O–H groups in total. The summed E-state index contributed by atoms with van der Waals surface area (Å²) in [7, 11) is 0. The average Bonchev–Trinajstić information content (AvgIpc) is 3.08. The number of para-hydroxylation sites is 1. The zero-order valence-electron chi connectivity index (χ0n) is 13.4. The minimum absolute atomic E-state index is 0.0831. The molecular formula is C19H20N2O2. The molecule has 0 fully saturated rings. The number of benzene rings is 2. The summed E-state index contributed by atoms with van der Waals surface area (Å²) in [6.45, 7) is 4.57. The number of hydrogen-bond donors (Lipinski definition) is 0. The molecule has 1 heterocycles. The van der Waals surface area contributed by atoms with E-state index in [1.165, 1.54) is 0 Å². The molecule has 1 unspecified atom stereocenters. The first kappa shape index (κ1) is 15.3. The highest BCUT2D eigenvalue weighted by Gasteiger charge is 2.30. The Morgan fingerprint density at radius 1 is 1.17 bits per heavy atom. The first-order valence-electron chi connectivity index (χ1n) is 7.86. The number of nitrogens with zero attached hydrogens (tertiary/aromatic N) is 2. The molecule has 0 saturated heterocycles. The number of anilines is 1. The van der Waals surface area contributed by atoms with Gasteiger partial charge in [0.2, 0.25) is 0 Å². The number of oxime groups is 1. The van der Waals surface area contributed by atoms with E-state index in [4.69, 9.17) is 4.84 Å². The van der Waals surface area contributed by atoms with E-state index in [1.54, 1.807) is 4.90 Å². The Morgan fingerprint density at radius 2 is 1.87 bits per heavy atom. The summed E-state index contributed by atoms with van der Waals surface area (Å²) in [6, 6.07) is 17.7. The molecule has 1 atom stereocenters. The summed E-state index contributed by atoms with van der Waals surface area (Å²) in [5.74, 6) is -0.0831. The molecule has 4 heteroatoms. The van der Waals surface area contributed by atoms with Crippen LogP contribution in [0.3, 0.4) is 0 Å². The highest BCUT2D eigenvalue weighted by Crippen LogP contribution is 2.29. The van der Waals surface area contributed by atoms with Gasteiger partial charge in [0.1, 0.15) is 5.71 Å². The fourth-order valence-electron chi connectivity index (χ4n) is 2.80. The number of amides is 1. The third-order valence-electron chi connectivity index (χ3n) is 4.05. The highest BCUT2D eigenvalue weighted by atomic mass is 16.6. The maximum atomic E-state index is 12.8. The van der Waals surface area contributed by atoms with Gasteiger partial charge in [0.15, 0.2) is 6.10 Å². The van der Waals surface area contributed by atoms with Crippen molar-refractivity contribution in [3.63, 3.8) is 0 Å². The van der Waals surface area contributed by atoms with Crippen molar-refractivity contribution in [3.05, 3.63) is 65.7 Å². The largest absolute Gasteiger partial charge is 0.387 e. The van der Waals surface area contributed by atoms with Gasteiger partial charge in [-0.1, -0.05) is 53.7 Å². The van der Waals surface area contributed by atoms with Gasteiger partial charge in [-0.05, 0) is 31.0 Å². The second-order valence-electron chi connectivity index (χ2n) is 5.58. The van der Waals surface area contributed by atoms with Gasteiger partial charge in [0.25, 0.3) is 5.91 Å². The van der Waals surface area contributed by atoms with Crippen LogP contribution < -0.4 is 4.90 Å². The monoisotopic (exact) mass is 308 g/mol. The number of carbonyl (C=O) groups excluding carboxylic acids is 1. The van der Waals surface area contributed by atoms with Crippen LogP contribution in [0.5, 0.6) is 0 Å². The maximum Gasteiger partial charge on any atom is 0.276 e. The van der Waals surface area contributed by atoms with Crippen molar-refractivity contribution >= 4 is 17.3 Å². The third kappa shape index (κ3) is 3.11. The molecule has 3 rings (SSSR count). The Hall–Kier alpha value is -2.62. The van der Waals surface area contributed by atoms with Crippen LogP contribution in [-0.4, -0.2) is 18.2 Å². The summed E-state index contributed by atoms with van der Waals surface area (Å²) in [6.07, 6.45) is 0.330. The zero-order chi connectivity index (χ0) is 16.2. The Balaban J connectivity index is 1.77. The SMILES string of the molecule is CCN(C(=O)C1=NOC(c2ccccc2)C1)c1ccccc1C. The van der Waals surface area contributed by atoms with Crippen LogP contribution in [0.2, 0.25) is 0 Å². The molecule has 0 spiro atoms. The molecule has 1 aliphatic heterocycles. The van der Waals surface area contributed by atoms with Crippen molar-refractivity contribution in [2.45, 2.75) is 26.4 Å². The van der Waals surface area contributed by atoms with Gasteiger partial charge in [0, 0.05) is 18.7 Å². The molecule has 1 amide bonds. The van der Waals surface area contributed by atoms with E-state index in [0.29, 0.717) is 18.7 Å². The van der Waals surface area contributed by atoms with E-state index in [9.17, 15) is 4.79 Å². The lowest BCUT2D eigenvalue weighted by molar-refractivity contribution is -0.112.